The van der Waals surface area contributed by atoms with Crippen LogP contribution in [0.1, 0.15) is 39.2 Å². The summed E-state index contributed by atoms with van der Waals surface area (Å²) in [5.41, 5.74) is 1.50. The molecule has 2 heteroatoms. The molecule has 1 aromatic rings. The number of rotatable bonds is 6. The molecular weight excluding hydrogens is 218 g/mol. The Morgan fingerprint density at radius 3 is 2.62 bits per heavy atom. The molecule has 0 radical (unpaired) electrons. The van der Waals surface area contributed by atoms with Gasteiger partial charge in [-0.2, -0.15) is 0 Å². The van der Waals surface area contributed by atoms with Gasteiger partial charge >= 0.3 is 0 Å². The summed E-state index contributed by atoms with van der Waals surface area (Å²) in [7, 11) is 0. The fraction of sp³-hybridized carbons (Fsp3) is 0.571. The minimum Gasteiger partial charge on any atom is -0.317 e. The van der Waals surface area contributed by atoms with E-state index in [9.17, 15) is 0 Å². The van der Waals surface area contributed by atoms with Gasteiger partial charge in [-0.05, 0) is 49.0 Å². The van der Waals surface area contributed by atoms with Gasteiger partial charge in [0, 0.05) is 5.02 Å². The number of benzene rings is 1. The van der Waals surface area contributed by atoms with E-state index >= 15 is 0 Å². The first kappa shape index (κ1) is 13.5. The standard InChI is InChI=1S/C14H22ClN/c1-4-9-16-10-8-14(2,3)12-6-5-7-13(15)11-12/h5-7,11,16H,4,8-10H2,1-3H3. The molecule has 1 nitrogen and oxygen atoms in total. The Labute approximate surface area is 104 Å². The number of halogens is 1. The minimum absolute atomic E-state index is 0.186. The highest BCUT2D eigenvalue weighted by Crippen LogP contribution is 2.28. The molecular formula is C14H22ClN. The molecule has 1 rings (SSSR count). The van der Waals surface area contributed by atoms with Crippen LogP contribution in [-0.4, -0.2) is 13.1 Å². The first-order valence-corrected chi connectivity index (χ1v) is 6.41. The summed E-state index contributed by atoms with van der Waals surface area (Å²) in [5, 5.41) is 4.27. The first-order chi connectivity index (χ1) is 7.56. The summed E-state index contributed by atoms with van der Waals surface area (Å²) in [6.07, 6.45) is 2.32. The topological polar surface area (TPSA) is 12.0 Å². The van der Waals surface area contributed by atoms with Crippen LogP contribution in [0.2, 0.25) is 5.02 Å². The maximum atomic E-state index is 6.02. The van der Waals surface area contributed by atoms with Gasteiger partial charge in [0.25, 0.3) is 0 Å². The zero-order valence-electron chi connectivity index (χ0n) is 10.5. The van der Waals surface area contributed by atoms with Gasteiger partial charge in [0.2, 0.25) is 0 Å². The third-order valence-electron chi connectivity index (χ3n) is 2.96. The van der Waals surface area contributed by atoms with Crippen molar-refractivity contribution in [3.8, 4) is 0 Å². The molecule has 0 unspecified atom stereocenters. The van der Waals surface area contributed by atoms with E-state index in [0.29, 0.717) is 0 Å². The van der Waals surface area contributed by atoms with Crippen LogP contribution in [0.5, 0.6) is 0 Å². The lowest BCUT2D eigenvalue weighted by Crippen LogP contribution is -2.25. The van der Waals surface area contributed by atoms with Gasteiger partial charge in [-0.15, -0.1) is 0 Å². The first-order valence-electron chi connectivity index (χ1n) is 6.03. The zero-order chi connectivity index (χ0) is 12.0. The zero-order valence-corrected chi connectivity index (χ0v) is 11.3. The van der Waals surface area contributed by atoms with E-state index in [4.69, 9.17) is 11.6 Å². The second-order valence-electron chi connectivity index (χ2n) is 4.89. The molecule has 0 atom stereocenters. The summed E-state index contributed by atoms with van der Waals surface area (Å²) in [6, 6.07) is 8.18. The van der Waals surface area contributed by atoms with Crippen molar-refractivity contribution in [2.75, 3.05) is 13.1 Å². The Kier molecular flexibility index (Phi) is 5.30. The van der Waals surface area contributed by atoms with Crippen molar-refractivity contribution in [2.24, 2.45) is 0 Å². The Morgan fingerprint density at radius 2 is 2.00 bits per heavy atom. The smallest absolute Gasteiger partial charge is 0.0408 e. The Balaban J connectivity index is 2.55. The Hall–Kier alpha value is -0.530. The monoisotopic (exact) mass is 239 g/mol. The average molecular weight is 240 g/mol. The predicted molar refractivity (Wildman–Crippen MR) is 72.3 cm³/mol. The van der Waals surface area contributed by atoms with Crippen LogP contribution in [0.15, 0.2) is 24.3 Å². The molecule has 0 saturated carbocycles. The van der Waals surface area contributed by atoms with Gasteiger partial charge in [-0.25, -0.2) is 0 Å². The van der Waals surface area contributed by atoms with Crippen LogP contribution in [0, 0.1) is 0 Å². The van der Waals surface area contributed by atoms with Crippen molar-refractivity contribution in [1.29, 1.82) is 0 Å². The molecule has 1 aromatic carbocycles. The number of hydrogen-bond acceptors (Lipinski definition) is 1. The van der Waals surface area contributed by atoms with E-state index in [1.165, 1.54) is 12.0 Å². The van der Waals surface area contributed by atoms with Crippen molar-refractivity contribution >= 4 is 11.6 Å². The van der Waals surface area contributed by atoms with Crippen LogP contribution in [0.3, 0.4) is 0 Å². The Bertz CT molecular complexity index is 320. The molecule has 0 fully saturated rings. The van der Waals surface area contributed by atoms with E-state index in [1.54, 1.807) is 0 Å². The van der Waals surface area contributed by atoms with E-state index in [-0.39, 0.29) is 5.41 Å². The molecule has 0 heterocycles. The SMILES string of the molecule is CCCNCCC(C)(C)c1cccc(Cl)c1. The predicted octanol–water partition coefficient (Wildman–Crippen LogP) is 4.01. The Morgan fingerprint density at radius 1 is 1.25 bits per heavy atom. The highest BCUT2D eigenvalue weighted by Gasteiger charge is 2.19. The molecule has 1 N–H and O–H groups in total. The van der Waals surface area contributed by atoms with Gasteiger partial charge in [0.05, 0.1) is 0 Å². The largest absolute Gasteiger partial charge is 0.317 e. The molecule has 0 aliphatic carbocycles. The molecule has 90 valence electrons. The summed E-state index contributed by atoms with van der Waals surface area (Å²) in [4.78, 5) is 0. The van der Waals surface area contributed by atoms with E-state index in [0.717, 1.165) is 24.5 Å². The van der Waals surface area contributed by atoms with Gasteiger partial charge in [-0.1, -0.05) is 44.5 Å². The van der Waals surface area contributed by atoms with Gasteiger partial charge in [-0.3, -0.25) is 0 Å². The van der Waals surface area contributed by atoms with E-state index < -0.39 is 0 Å². The fourth-order valence-corrected chi connectivity index (χ4v) is 1.95. The third-order valence-corrected chi connectivity index (χ3v) is 3.19. The molecule has 0 spiro atoms. The molecule has 0 amide bonds. The lowest BCUT2D eigenvalue weighted by Gasteiger charge is -2.25. The number of hydrogen-bond donors (Lipinski definition) is 1. The van der Waals surface area contributed by atoms with E-state index in [2.05, 4.69) is 38.2 Å². The van der Waals surface area contributed by atoms with Crippen molar-refractivity contribution in [2.45, 2.75) is 39.0 Å². The lowest BCUT2D eigenvalue weighted by molar-refractivity contribution is 0.457. The maximum Gasteiger partial charge on any atom is 0.0408 e. The summed E-state index contributed by atoms with van der Waals surface area (Å²) >= 11 is 6.02. The average Bonchev–Trinajstić information content (AvgIpc) is 2.24. The fourth-order valence-electron chi connectivity index (χ4n) is 1.76. The number of nitrogens with one attached hydrogen (secondary N) is 1. The normalized spacial score (nSPS) is 11.8. The lowest BCUT2D eigenvalue weighted by atomic mass is 9.81. The van der Waals surface area contributed by atoms with Gasteiger partial charge in [0.1, 0.15) is 0 Å². The third kappa shape index (κ3) is 4.15. The molecule has 0 saturated heterocycles. The van der Waals surface area contributed by atoms with Gasteiger partial charge in [0.15, 0.2) is 0 Å². The van der Waals surface area contributed by atoms with Gasteiger partial charge < -0.3 is 5.32 Å². The molecule has 0 aliphatic rings. The van der Waals surface area contributed by atoms with Crippen LogP contribution in [0.4, 0.5) is 0 Å². The van der Waals surface area contributed by atoms with Crippen LogP contribution < -0.4 is 5.32 Å². The van der Waals surface area contributed by atoms with Crippen molar-refractivity contribution in [1.82, 2.24) is 5.32 Å². The second-order valence-corrected chi connectivity index (χ2v) is 5.33. The molecule has 0 aromatic heterocycles. The quantitative estimate of drug-likeness (QED) is 0.740. The van der Waals surface area contributed by atoms with Crippen LogP contribution >= 0.6 is 11.6 Å². The van der Waals surface area contributed by atoms with Crippen molar-refractivity contribution in [3.63, 3.8) is 0 Å². The molecule has 0 aliphatic heterocycles. The highest BCUT2D eigenvalue weighted by molar-refractivity contribution is 6.30. The minimum atomic E-state index is 0.186. The van der Waals surface area contributed by atoms with Crippen molar-refractivity contribution < 1.29 is 0 Å². The summed E-state index contributed by atoms with van der Waals surface area (Å²) < 4.78 is 0. The van der Waals surface area contributed by atoms with Crippen molar-refractivity contribution in [3.05, 3.63) is 34.9 Å². The maximum absolute atomic E-state index is 6.02. The highest BCUT2D eigenvalue weighted by atomic mass is 35.5. The van der Waals surface area contributed by atoms with Crippen LogP contribution in [-0.2, 0) is 5.41 Å². The van der Waals surface area contributed by atoms with E-state index in [1.807, 2.05) is 12.1 Å². The van der Waals surface area contributed by atoms with Crippen LogP contribution in [0.25, 0.3) is 0 Å². The second kappa shape index (κ2) is 6.27. The molecule has 0 bridgehead atoms. The molecule has 16 heavy (non-hydrogen) atoms. The summed E-state index contributed by atoms with van der Waals surface area (Å²) in [5.74, 6) is 0. The summed E-state index contributed by atoms with van der Waals surface area (Å²) in [6.45, 7) is 8.90.